The maximum Gasteiger partial charge on any atom is 0.326 e. The van der Waals surface area contributed by atoms with Crippen LogP contribution in [0.1, 0.15) is 73.1 Å². The molecule has 2 amide bonds. The van der Waals surface area contributed by atoms with E-state index in [-0.39, 0.29) is 16.2 Å². The van der Waals surface area contributed by atoms with Gasteiger partial charge in [0.15, 0.2) is 6.61 Å². The molecule has 0 fully saturated rings. The summed E-state index contributed by atoms with van der Waals surface area (Å²) in [4.78, 5) is 41.2. The molecule has 0 unspecified atom stereocenters. The minimum atomic E-state index is -4.06. The summed E-state index contributed by atoms with van der Waals surface area (Å²) in [6.07, 6.45) is 13.4. The second-order valence-corrected chi connectivity index (χ2v) is 15.8. The number of carboxylic acids is 1. The van der Waals surface area contributed by atoms with Crippen LogP contribution in [0.25, 0.3) is 0 Å². The number of fused-ring (bicyclic) bond motifs is 1. The van der Waals surface area contributed by atoms with Crippen molar-refractivity contribution < 1.29 is 32.6 Å². The summed E-state index contributed by atoms with van der Waals surface area (Å²) in [5.74, 6) is -2.87. The van der Waals surface area contributed by atoms with Crippen molar-refractivity contribution in [2.75, 3.05) is 24.3 Å². The van der Waals surface area contributed by atoms with Crippen molar-refractivity contribution in [3.63, 3.8) is 0 Å². The predicted molar refractivity (Wildman–Crippen MR) is 209 cm³/mol. The van der Waals surface area contributed by atoms with Gasteiger partial charge in [0.1, 0.15) is 22.7 Å². The fraction of sp³-hybridized carbons (Fsp3) is 0.462. The van der Waals surface area contributed by atoms with Crippen LogP contribution in [0.4, 0.5) is 11.4 Å². The number of benzene rings is 2. The molecule has 1 aliphatic heterocycles. The first kappa shape index (κ1) is 42.3. The van der Waals surface area contributed by atoms with Gasteiger partial charge < -0.3 is 25.4 Å². The third-order valence-electron chi connectivity index (χ3n) is 8.86. The molecule has 52 heavy (non-hydrogen) atoms. The van der Waals surface area contributed by atoms with E-state index >= 15 is 0 Å². The van der Waals surface area contributed by atoms with Gasteiger partial charge in [-0.05, 0) is 55.7 Å². The van der Waals surface area contributed by atoms with Gasteiger partial charge in [-0.2, -0.15) is 0 Å². The predicted octanol–water partition coefficient (Wildman–Crippen LogP) is 6.74. The summed E-state index contributed by atoms with van der Waals surface area (Å²) in [5.41, 5.74) is 0.873. The van der Waals surface area contributed by atoms with Crippen LogP contribution in [0.2, 0.25) is 0 Å². The molecule has 2 aromatic carbocycles. The number of hydrogen-bond acceptors (Lipinski definition) is 8. The van der Waals surface area contributed by atoms with E-state index in [0.29, 0.717) is 30.0 Å². The highest BCUT2D eigenvalue weighted by atomic mass is 32.2. The topological polar surface area (TPSA) is 154 Å². The lowest BCUT2D eigenvalue weighted by molar-refractivity contribution is -0.143. The van der Waals surface area contributed by atoms with Crippen LogP contribution in [-0.4, -0.2) is 68.3 Å². The van der Waals surface area contributed by atoms with Crippen molar-refractivity contribution in [2.24, 2.45) is 5.92 Å². The number of nitrogens with zero attached hydrogens (tertiary/aromatic N) is 1. The molecular weight excluding hydrogens is 701 g/mol. The summed E-state index contributed by atoms with van der Waals surface area (Å²) in [5, 5.41) is 14.7. The molecule has 3 rings (SSSR count). The molecule has 13 heteroatoms. The van der Waals surface area contributed by atoms with Crippen molar-refractivity contribution in [1.29, 1.82) is 0 Å². The minimum Gasteiger partial charge on any atom is -0.483 e. The van der Waals surface area contributed by atoms with Crippen LogP contribution in [0, 0.1) is 5.92 Å². The molecule has 0 bridgehead atoms. The molecule has 0 aliphatic carbocycles. The molecule has 4 N–H and O–H groups in total. The Morgan fingerprint density at radius 2 is 1.73 bits per heavy atom. The van der Waals surface area contributed by atoms with E-state index < -0.39 is 58.0 Å². The number of anilines is 2. The standard InChI is InChI=1S/C39H54N4O7S2/c1-8-11-15-18-28(6)36(37(45)41-35(27(4)5)38(46)47)40-34(44)25-50-31-24-33-30(23-32(31)51-7)43(29-19-16-14-17-20-29)26-39(21-12-9-2,22-13-10-3)42-52(33,48)49/h8,11,14-20,23-24,27,35-36,42H,6,9-10,12-13,21-22,25-26H2,1-5,7H3,(H,40,44)(H,41,45)(H,46,47)/b11-8-,18-15-/t35-,36+/m0/s1. The number of amides is 2. The fourth-order valence-electron chi connectivity index (χ4n) is 6.05. The Labute approximate surface area is 313 Å². The van der Waals surface area contributed by atoms with Gasteiger partial charge in [0, 0.05) is 18.3 Å². The largest absolute Gasteiger partial charge is 0.483 e. The van der Waals surface area contributed by atoms with E-state index in [1.165, 1.54) is 17.8 Å². The first-order valence-electron chi connectivity index (χ1n) is 17.7. The van der Waals surface area contributed by atoms with Crippen molar-refractivity contribution in [3.8, 4) is 5.75 Å². The highest BCUT2D eigenvalue weighted by Gasteiger charge is 2.42. The number of rotatable bonds is 19. The summed E-state index contributed by atoms with van der Waals surface area (Å²) in [7, 11) is -4.06. The first-order chi connectivity index (χ1) is 24.7. The van der Waals surface area contributed by atoms with Crippen LogP contribution in [-0.2, 0) is 24.4 Å². The van der Waals surface area contributed by atoms with E-state index in [4.69, 9.17) is 4.74 Å². The number of carboxylic acid groups (broad SMARTS) is 1. The first-order valence-corrected chi connectivity index (χ1v) is 20.4. The maximum absolute atomic E-state index is 14.3. The molecule has 284 valence electrons. The van der Waals surface area contributed by atoms with E-state index in [0.717, 1.165) is 31.4 Å². The molecule has 0 radical (unpaired) electrons. The van der Waals surface area contributed by atoms with Crippen LogP contribution in [0.5, 0.6) is 5.75 Å². The van der Waals surface area contributed by atoms with Crippen LogP contribution in [0.3, 0.4) is 0 Å². The van der Waals surface area contributed by atoms with E-state index in [1.807, 2.05) is 43.5 Å². The Kier molecular flexibility index (Phi) is 16.0. The Hall–Kier alpha value is -4.07. The highest BCUT2D eigenvalue weighted by molar-refractivity contribution is 7.98. The third-order valence-corrected chi connectivity index (χ3v) is 11.2. The second-order valence-electron chi connectivity index (χ2n) is 13.3. The monoisotopic (exact) mass is 754 g/mol. The molecule has 0 saturated carbocycles. The van der Waals surface area contributed by atoms with Crippen LogP contribution >= 0.6 is 11.8 Å². The number of thioether (sulfide) groups is 1. The molecule has 1 heterocycles. The van der Waals surface area contributed by atoms with Gasteiger partial charge in [-0.3, -0.25) is 9.59 Å². The molecule has 0 saturated heterocycles. The molecular formula is C39H54N4O7S2. The summed E-state index contributed by atoms with van der Waals surface area (Å²) >= 11 is 1.35. The summed E-state index contributed by atoms with van der Waals surface area (Å²) in [6.45, 7) is 13.1. The van der Waals surface area contributed by atoms with E-state index in [1.54, 1.807) is 44.2 Å². The number of sulfonamides is 1. The molecule has 1 aliphatic rings. The summed E-state index contributed by atoms with van der Waals surface area (Å²) in [6, 6.07) is 10.5. The number of aliphatic carboxylic acids is 1. The Bertz CT molecular complexity index is 1720. The lowest BCUT2D eigenvalue weighted by atomic mass is 9.87. The average molecular weight is 755 g/mol. The molecule has 2 aromatic rings. The van der Waals surface area contributed by atoms with Crippen molar-refractivity contribution in [1.82, 2.24) is 15.4 Å². The maximum atomic E-state index is 14.3. The van der Waals surface area contributed by atoms with Gasteiger partial charge in [-0.1, -0.05) is 102 Å². The Balaban J connectivity index is 2.01. The van der Waals surface area contributed by atoms with Gasteiger partial charge in [0.05, 0.1) is 16.1 Å². The number of unbranched alkanes of at least 4 members (excludes halogenated alkanes) is 2. The normalized spacial score (nSPS) is 16.2. The zero-order valence-electron chi connectivity index (χ0n) is 31.1. The Morgan fingerprint density at radius 3 is 2.29 bits per heavy atom. The van der Waals surface area contributed by atoms with Crippen molar-refractivity contribution in [3.05, 3.63) is 78.9 Å². The number of carbonyl (C=O) groups is 3. The van der Waals surface area contributed by atoms with Gasteiger partial charge in [0.25, 0.3) is 5.91 Å². The minimum absolute atomic E-state index is 0.0348. The van der Waals surface area contributed by atoms with E-state index in [2.05, 4.69) is 40.7 Å². The molecule has 11 nitrogen and oxygen atoms in total. The number of allylic oxidation sites excluding steroid dienone is 3. The van der Waals surface area contributed by atoms with Gasteiger partial charge in [-0.25, -0.2) is 17.9 Å². The van der Waals surface area contributed by atoms with Crippen LogP contribution in [0.15, 0.2) is 88.7 Å². The molecule has 0 spiro atoms. The SMILES string of the molecule is C=C(/C=C\C=C/C)[C@@H](NC(=O)COc1cc2c(cc1SC)N(c1ccccc1)CC(CCCC)(CCCC)NS2(=O)=O)C(=O)N[C@H](C(=O)O)C(C)C. The zero-order valence-corrected chi connectivity index (χ0v) is 32.7. The highest BCUT2D eigenvalue weighted by Crippen LogP contribution is 2.44. The van der Waals surface area contributed by atoms with Crippen LogP contribution < -0.4 is 25.0 Å². The van der Waals surface area contributed by atoms with Gasteiger partial charge in [0.2, 0.25) is 15.9 Å². The molecule has 2 atom stereocenters. The molecule has 0 aromatic heterocycles. The average Bonchev–Trinajstić information content (AvgIpc) is 3.21. The number of hydrogen-bond donors (Lipinski definition) is 4. The number of carbonyl (C=O) groups excluding carboxylic acids is 2. The second kappa shape index (κ2) is 19.7. The summed E-state index contributed by atoms with van der Waals surface area (Å²) < 4.78 is 37.7. The van der Waals surface area contributed by atoms with E-state index in [9.17, 15) is 27.9 Å². The number of para-hydroxylation sites is 1. The smallest absolute Gasteiger partial charge is 0.326 e. The van der Waals surface area contributed by atoms with Gasteiger partial charge >= 0.3 is 5.97 Å². The lowest BCUT2D eigenvalue weighted by Crippen LogP contribution is -2.54. The van der Waals surface area contributed by atoms with Crippen molar-refractivity contribution >= 4 is 50.9 Å². The Morgan fingerprint density at radius 1 is 1.08 bits per heavy atom. The number of nitrogens with one attached hydrogen (secondary N) is 3. The van der Waals surface area contributed by atoms with Crippen molar-refractivity contribution in [2.45, 2.75) is 101 Å². The van der Waals surface area contributed by atoms with Gasteiger partial charge in [-0.15, -0.1) is 11.8 Å². The number of ether oxygens (including phenoxy) is 1. The quantitative estimate of drug-likeness (QED) is 0.0903. The fourth-order valence-corrected chi connectivity index (χ4v) is 8.26. The lowest BCUT2D eigenvalue weighted by Gasteiger charge is -2.37. The third kappa shape index (κ3) is 11.2. The zero-order chi connectivity index (χ0) is 38.5.